The molecule has 0 aliphatic carbocycles. The molecule has 0 saturated carbocycles. The van der Waals surface area contributed by atoms with Gasteiger partial charge in [0.1, 0.15) is 5.82 Å². The summed E-state index contributed by atoms with van der Waals surface area (Å²) in [6.07, 6.45) is 7.40. The van der Waals surface area contributed by atoms with Gasteiger partial charge in [-0.15, -0.1) is 0 Å². The Morgan fingerprint density at radius 3 is 2.61 bits per heavy atom. The minimum Gasteiger partial charge on any atom is -0.306 e. The zero-order valence-electron chi connectivity index (χ0n) is 10.3. The third-order valence-corrected chi connectivity index (χ3v) is 2.70. The highest BCUT2D eigenvalue weighted by atomic mass is 19.1. The first-order valence-electron chi connectivity index (χ1n) is 6.05. The van der Waals surface area contributed by atoms with Gasteiger partial charge in [-0.25, -0.2) is 4.39 Å². The van der Waals surface area contributed by atoms with Crippen LogP contribution in [0.2, 0.25) is 0 Å². The molecule has 0 bridgehead atoms. The van der Waals surface area contributed by atoms with Gasteiger partial charge >= 0.3 is 0 Å². The van der Waals surface area contributed by atoms with Gasteiger partial charge in [0, 0.05) is 18.6 Å². The summed E-state index contributed by atoms with van der Waals surface area (Å²) in [5.41, 5.74) is 1.89. The summed E-state index contributed by atoms with van der Waals surface area (Å²) in [6.45, 7) is 2.96. The van der Waals surface area contributed by atoms with Gasteiger partial charge in [0.05, 0.1) is 12.2 Å². The van der Waals surface area contributed by atoms with Gasteiger partial charge in [0.2, 0.25) is 0 Å². The summed E-state index contributed by atoms with van der Waals surface area (Å²) < 4.78 is 13.3. The van der Waals surface area contributed by atoms with E-state index in [1.54, 1.807) is 18.6 Å². The zero-order chi connectivity index (χ0) is 12.8. The van der Waals surface area contributed by atoms with Crippen LogP contribution >= 0.6 is 0 Å². The average molecular weight is 245 g/mol. The summed E-state index contributed by atoms with van der Waals surface area (Å²) in [5, 5.41) is 3.39. The Labute approximate surface area is 106 Å². The van der Waals surface area contributed by atoms with E-state index in [2.05, 4.69) is 22.2 Å². The van der Waals surface area contributed by atoms with Gasteiger partial charge in [-0.3, -0.25) is 9.97 Å². The molecule has 2 rings (SSSR count). The summed E-state index contributed by atoms with van der Waals surface area (Å²) in [7, 11) is 0. The molecule has 18 heavy (non-hydrogen) atoms. The fourth-order valence-electron chi connectivity index (χ4n) is 1.86. The van der Waals surface area contributed by atoms with E-state index in [9.17, 15) is 4.39 Å². The van der Waals surface area contributed by atoms with Crippen LogP contribution < -0.4 is 5.32 Å². The molecule has 0 aliphatic heterocycles. The van der Waals surface area contributed by atoms with E-state index in [1.165, 1.54) is 12.3 Å². The van der Waals surface area contributed by atoms with Crippen LogP contribution in [0.25, 0.3) is 0 Å². The number of hydrogen-bond donors (Lipinski definition) is 1. The van der Waals surface area contributed by atoms with Gasteiger partial charge < -0.3 is 5.32 Å². The Morgan fingerprint density at radius 2 is 1.94 bits per heavy atom. The van der Waals surface area contributed by atoms with Crippen molar-refractivity contribution in [1.82, 2.24) is 15.3 Å². The Kier molecular flexibility index (Phi) is 4.36. The molecule has 94 valence electrons. The van der Waals surface area contributed by atoms with E-state index < -0.39 is 0 Å². The number of hydrogen-bond acceptors (Lipinski definition) is 3. The molecule has 2 aromatic rings. The van der Waals surface area contributed by atoms with Crippen LogP contribution in [0.1, 0.15) is 30.5 Å². The lowest BCUT2D eigenvalue weighted by Crippen LogP contribution is -2.23. The molecule has 1 atom stereocenters. The Bertz CT molecular complexity index is 487. The SMILES string of the molecule is CCCNC(c1ccncc1)c1cncc(F)c1. The maximum absolute atomic E-state index is 13.3. The summed E-state index contributed by atoms with van der Waals surface area (Å²) in [6, 6.07) is 5.33. The number of aromatic nitrogens is 2. The first kappa shape index (κ1) is 12.6. The molecular formula is C14H16FN3. The van der Waals surface area contributed by atoms with Crippen molar-refractivity contribution in [2.24, 2.45) is 0 Å². The topological polar surface area (TPSA) is 37.8 Å². The first-order valence-corrected chi connectivity index (χ1v) is 6.05. The van der Waals surface area contributed by atoms with Crippen LogP contribution in [0, 0.1) is 5.82 Å². The molecule has 0 radical (unpaired) electrons. The van der Waals surface area contributed by atoms with Crippen LogP contribution in [0.4, 0.5) is 4.39 Å². The fraction of sp³-hybridized carbons (Fsp3) is 0.286. The second-order valence-corrected chi connectivity index (χ2v) is 4.10. The molecule has 0 aliphatic rings. The van der Waals surface area contributed by atoms with Gasteiger partial charge in [0.25, 0.3) is 0 Å². The lowest BCUT2D eigenvalue weighted by atomic mass is 10.0. The Morgan fingerprint density at radius 1 is 1.17 bits per heavy atom. The third-order valence-electron chi connectivity index (χ3n) is 2.70. The minimum absolute atomic E-state index is 0.0452. The van der Waals surface area contributed by atoms with E-state index in [-0.39, 0.29) is 11.9 Å². The predicted molar refractivity (Wildman–Crippen MR) is 68.6 cm³/mol. The van der Waals surface area contributed by atoms with Crippen molar-refractivity contribution in [2.45, 2.75) is 19.4 Å². The predicted octanol–water partition coefficient (Wildman–Crippen LogP) is 2.70. The van der Waals surface area contributed by atoms with E-state index in [1.807, 2.05) is 12.1 Å². The number of halogens is 1. The maximum Gasteiger partial charge on any atom is 0.141 e. The number of nitrogens with zero attached hydrogens (tertiary/aromatic N) is 2. The molecule has 0 aromatic carbocycles. The van der Waals surface area contributed by atoms with Crippen molar-refractivity contribution in [3.05, 3.63) is 59.9 Å². The molecule has 2 aromatic heterocycles. The zero-order valence-corrected chi connectivity index (χ0v) is 10.3. The number of rotatable bonds is 5. The van der Waals surface area contributed by atoms with Crippen LogP contribution in [-0.4, -0.2) is 16.5 Å². The molecule has 2 heterocycles. The molecule has 0 spiro atoms. The van der Waals surface area contributed by atoms with E-state index >= 15 is 0 Å². The first-order chi connectivity index (χ1) is 8.81. The lowest BCUT2D eigenvalue weighted by Gasteiger charge is -2.19. The second-order valence-electron chi connectivity index (χ2n) is 4.10. The molecule has 1 unspecified atom stereocenters. The van der Waals surface area contributed by atoms with Crippen LogP contribution in [0.15, 0.2) is 43.0 Å². The average Bonchev–Trinajstić information content (AvgIpc) is 2.40. The highest BCUT2D eigenvalue weighted by Gasteiger charge is 2.13. The Balaban J connectivity index is 2.31. The molecule has 4 heteroatoms. The summed E-state index contributed by atoms with van der Waals surface area (Å²) in [5.74, 6) is -0.315. The smallest absolute Gasteiger partial charge is 0.141 e. The molecular weight excluding hydrogens is 229 g/mol. The van der Waals surface area contributed by atoms with E-state index in [0.29, 0.717) is 0 Å². The molecule has 0 amide bonds. The lowest BCUT2D eigenvalue weighted by molar-refractivity contribution is 0.580. The molecule has 0 fully saturated rings. The highest BCUT2D eigenvalue weighted by molar-refractivity contribution is 5.28. The minimum atomic E-state index is -0.315. The van der Waals surface area contributed by atoms with Crippen molar-refractivity contribution >= 4 is 0 Å². The normalized spacial score (nSPS) is 12.3. The third kappa shape index (κ3) is 3.11. The maximum atomic E-state index is 13.3. The van der Waals surface area contributed by atoms with Crippen molar-refractivity contribution in [2.75, 3.05) is 6.54 Å². The van der Waals surface area contributed by atoms with Gasteiger partial charge in [0.15, 0.2) is 0 Å². The van der Waals surface area contributed by atoms with Crippen LogP contribution in [0.3, 0.4) is 0 Å². The summed E-state index contributed by atoms with van der Waals surface area (Å²) >= 11 is 0. The van der Waals surface area contributed by atoms with Gasteiger partial charge in [-0.05, 0) is 42.3 Å². The van der Waals surface area contributed by atoms with Crippen LogP contribution in [-0.2, 0) is 0 Å². The van der Waals surface area contributed by atoms with Crippen molar-refractivity contribution in [1.29, 1.82) is 0 Å². The second kappa shape index (κ2) is 6.21. The Hall–Kier alpha value is -1.81. The monoisotopic (exact) mass is 245 g/mol. The molecule has 1 N–H and O–H groups in total. The molecule has 3 nitrogen and oxygen atoms in total. The quantitative estimate of drug-likeness (QED) is 0.880. The fourth-order valence-corrected chi connectivity index (χ4v) is 1.86. The number of nitrogens with one attached hydrogen (secondary N) is 1. The van der Waals surface area contributed by atoms with Crippen LogP contribution in [0.5, 0.6) is 0 Å². The van der Waals surface area contributed by atoms with Crippen molar-refractivity contribution in [3.8, 4) is 0 Å². The van der Waals surface area contributed by atoms with Crippen molar-refractivity contribution in [3.63, 3.8) is 0 Å². The van der Waals surface area contributed by atoms with Gasteiger partial charge in [-0.1, -0.05) is 6.92 Å². The van der Waals surface area contributed by atoms with E-state index in [4.69, 9.17) is 0 Å². The van der Waals surface area contributed by atoms with Crippen molar-refractivity contribution < 1.29 is 4.39 Å². The largest absolute Gasteiger partial charge is 0.306 e. The number of pyridine rings is 2. The molecule has 0 saturated heterocycles. The van der Waals surface area contributed by atoms with E-state index in [0.717, 1.165) is 24.1 Å². The summed E-state index contributed by atoms with van der Waals surface area (Å²) in [4.78, 5) is 7.91. The highest BCUT2D eigenvalue weighted by Crippen LogP contribution is 2.21. The van der Waals surface area contributed by atoms with Gasteiger partial charge in [-0.2, -0.15) is 0 Å². The standard InChI is InChI=1S/C14H16FN3/c1-2-5-18-14(11-3-6-16-7-4-11)12-8-13(15)10-17-9-12/h3-4,6-10,14,18H,2,5H2,1H3.